The molecular formula is C22H13Cl2N3O. The molecule has 3 aromatic heterocycles. The molecule has 0 aliphatic carbocycles. The molecule has 3 heterocycles. The van der Waals surface area contributed by atoms with E-state index in [2.05, 4.69) is 27.6 Å². The van der Waals surface area contributed by atoms with Crippen molar-refractivity contribution < 1.29 is 4.74 Å². The van der Waals surface area contributed by atoms with Crippen molar-refractivity contribution in [3.63, 3.8) is 0 Å². The molecule has 0 amide bonds. The number of fused-ring (bicyclic) bond motifs is 10. The van der Waals surface area contributed by atoms with Gasteiger partial charge in [-0.25, -0.2) is 4.98 Å². The van der Waals surface area contributed by atoms with Gasteiger partial charge < -0.3 is 9.72 Å². The second-order valence-corrected chi connectivity index (χ2v) is 7.64. The number of halogens is 2. The van der Waals surface area contributed by atoms with Gasteiger partial charge in [-0.2, -0.15) is 0 Å². The largest absolute Gasteiger partial charge is 0.497 e. The SMILES string of the molecule is COc1ccc2c3[nH]c4ccccc4c3c3nc4cc(Cl)c(Cl)cc4n3c2c1. The van der Waals surface area contributed by atoms with Gasteiger partial charge in [0.25, 0.3) is 0 Å². The van der Waals surface area contributed by atoms with Crippen molar-refractivity contribution in [1.29, 1.82) is 0 Å². The molecule has 4 nitrogen and oxygen atoms in total. The van der Waals surface area contributed by atoms with Crippen molar-refractivity contribution >= 4 is 72.6 Å². The summed E-state index contributed by atoms with van der Waals surface area (Å²) >= 11 is 12.6. The minimum absolute atomic E-state index is 0.495. The molecule has 0 saturated heterocycles. The Balaban J connectivity index is 1.99. The lowest BCUT2D eigenvalue weighted by atomic mass is 10.1. The molecule has 0 unspecified atom stereocenters. The number of para-hydroxylation sites is 1. The zero-order chi connectivity index (χ0) is 19.0. The Morgan fingerprint density at radius 2 is 1.75 bits per heavy atom. The number of H-pyrrole nitrogens is 1. The van der Waals surface area contributed by atoms with E-state index in [0.717, 1.165) is 55.1 Å². The Kier molecular flexibility index (Phi) is 3.17. The van der Waals surface area contributed by atoms with Crippen molar-refractivity contribution in [1.82, 2.24) is 14.4 Å². The molecule has 0 atom stereocenters. The van der Waals surface area contributed by atoms with Gasteiger partial charge in [0, 0.05) is 22.4 Å². The van der Waals surface area contributed by atoms with Gasteiger partial charge in [-0.05, 0) is 30.3 Å². The first-order valence-electron chi connectivity index (χ1n) is 8.83. The van der Waals surface area contributed by atoms with Crippen LogP contribution in [0.2, 0.25) is 10.0 Å². The maximum Gasteiger partial charge on any atom is 0.148 e. The fourth-order valence-electron chi connectivity index (χ4n) is 4.10. The Morgan fingerprint density at radius 1 is 0.929 bits per heavy atom. The van der Waals surface area contributed by atoms with Crippen molar-refractivity contribution in [3.05, 3.63) is 64.6 Å². The van der Waals surface area contributed by atoms with Crippen LogP contribution in [0.1, 0.15) is 0 Å². The minimum Gasteiger partial charge on any atom is -0.497 e. The first-order valence-corrected chi connectivity index (χ1v) is 9.58. The summed E-state index contributed by atoms with van der Waals surface area (Å²) < 4.78 is 7.62. The van der Waals surface area contributed by atoms with E-state index in [4.69, 9.17) is 32.9 Å². The highest BCUT2D eigenvalue weighted by molar-refractivity contribution is 6.42. The molecule has 28 heavy (non-hydrogen) atoms. The summed E-state index contributed by atoms with van der Waals surface area (Å²) in [6.45, 7) is 0. The number of methoxy groups -OCH3 is 1. The zero-order valence-corrected chi connectivity index (χ0v) is 16.3. The minimum atomic E-state index is 0.495. The Morgan fingerprint density at radius 3 is 2.61 bits per heavy atom. The van der Waals surface area contributed by atoms with Crippen LogP contribution < -0.4 is 4.74 Å². The van der Waals surface area contributed by atoms with Crippen LogP contribution in [0.3, 0.4) is 0 Å². The third-order valence-corrected chi connectivity index (χ3v) is 6.06. The highest BCUT2D eigenvalue weighted by Gasteiger charge is 2.18. The van der Waals surface area contributed by atoms with E-state index in [-0.39, 0.29) is 0 Å². The van der Waals surface area contributed by atoms with Crippen LogP contribution in [0.4, 0.5) is 0 Å². The molecule has 6 heteroatoms. The maximum absolute atomic E-state index is 6.34. The number of aromatic amines is 1. The molecule has 3 aromatic carbocycles. The average molecular weight is 406 g/mol. The van der Waals surface area contributed by atoms with Crippen LogP contribution >= 0.6 is 23.2 Å². The molecule has 0 radical (unpaired) electrons. The third kappa shape index (κ3) is 1.99. The highest BCUT2D eigenvalue weighted by atomic mass is 35.5. The van der Waals surface area contributed by atoms with E-state index in [0.29, 0.717) is 10.0 Å². The van der Waals surface area contributed by atoms with E-state index >= 15 is 0 Å². The van der Waals surface area contributed by atoms with E-state index in [1.807, 2.05) is 36.4 Å². The van der Waals surface area contributed by atoms with Gasteiger partial charge in [-0.1, -0.05) is 41.4 Å². The average Bonchev–Trinajstić information content (AvgIpc) is 3.26. The van der Waals surface area contributed by atoms with E-state index in [9.17, 15) is 0 Å². The van der Waals surface area contributed by atoms with Crippen LogP contribution in [-0.4, -0.2) is 21.5 Å². The molecule has 6 rings (SSSR count). The molecule has 0 aliphatic heterocycles. The summed E-state index contributed by atoms with van der Waals surface area (Å²) in [5, 5.41) is 4.30. The lowest BCUT2D eigenvalue weighted by molar-refractivity contribution is 0.415. The third-order valence-electron chi connectivity index (χ3n) is 5.34. The van der Waals surface area contributed by atoms with E-state index in [1.54, 1.807) is 7.11 Å². The topological polar surface area (TPSA) is 42.3 Å². The number of aromatic nitrogens is 3. The number of rotatable bonds is 1. The molecule has 0 saturated carbocycles. The Hall–Kier alpha value is -2.95. The smallest absolute Gasteiger partial charge is 0.148 e. The summed E-state index contributed by atoms with van der Waals surface area (Å²) in [5.41, 5.74) is 5.70. The summed E-state index contributed by atoms with van der Waals surface area (Å²) in [7, 11) is 1.67. The molecule has 0 spiro atoms. The van der Waals surface area contributed by atoms with Crippen molar-refractivity contribution in [2.45, 2.75) is 0 Å². The summed E-state index contributed by atoms with van der Waals surface area (Å²) in [4.78, 5) is 8.50. The van der Waals surface area contributed by atoms with E-state index in [1.165, 1.54) is 0 Å². The lowest BCUT2D eigenvalue weighted by Crippen LogP contribution is -1.92. The van der Waals surface area contributed by atoms with Crippen LogP contribution in [0.15, 0.2) is 54.6 Å². The van der Waals surface area contributed by atoms with Gasteiger partial charge in [0.05, 0.1) is 44.6 Å². The summed E-state index contributed by atoms with van der Waals surface area (Å²) in [5.74, 6) is 0.783. The molecule has 0 bridgehead atoms. The van der Waals surface area contributed by atoms with Gasteiger partial charge in [0.1, 0.15) is 11.4 Å². The molecule has 0 aliphatic rings. The van der Waals surface area contributed by atoms with Crippen LogP contribution in [0.25, 0.3) is 49.4 Å². The number of hydrogen-bond acceptors (Lipinski definition) is 2. The number of ether oxygens (including phenoxy) is 1. The fourth-order valence-corrected chi connectivity index (χ4v) is 4.41. The zero-order valence-electron chi connectivity index (χ0n) is 14.8. The van der Waals surface area contributed by atoms with Crippen LogP contribution in [-0.2, 0) is 0 Å². The summed E-state index contributed by atoms with van der Waals surface area (Å²) in [6, 6.07) is 18.0. The monoisotopic (exact) mass is 405 g/mol. The maximum atomic E-state index is 6.34. The lowest BCUT2D eigenvalue weighted by Gasteiger charge is -2.08. The first-order chi connectivity index (χ1) is 13.7. The first kappa shape index (κ1) is 16.0. The van der Waals surface area contributed by atoms with Gasteiger partial charge in [-0.3, -0.25) is 4.40 Å². The predicted molar refractivity (Wildman–Crippen MR) is 116 cm³/mol. The molecule has 0 fully saturated rings. The van der Waals surface area contributed by atoms with E-state index < -0.39 is 0 Å². The Labute approximate surface area is 169 Å². The second-order valence-electron chi connectivity index (χ2n) is 6.83. The highest BCUT2D eigenvalue weighted by Crippen LogP contribution is 2.38. The van der Waals surface area contributed by atoms with Gasteiger partial charge >= 0.3 is 0 Å². The number of imidazole rings is 1. The number of benzene rings is 3. The molecule has 1 N–H and O–H groups in total. The quantitative estimate of drug-likeness (QED) is 0.335. The molecule has 136 valence electrons. The van der Waals surface area contributed by atoms with Crippen molar-refractivity contribution in [2.24, 2.45) is 0 Å². The van der Waals surface area contributed by atoms with Crippen LogP contribution in [0.5, 0.6) is 5.75 Å². The van der Waals surface area contributed by atoms with Gasteiger partial charge in [0.2, 0.25) is 0 Å². The van der Waals surface area contributed by atoms with Crippen molar-refractivity contribution in [2.75, 3.05) is 7.11 Å². The predicted octanol–water partition coefficient (Wildman–Crippen LogP) is 6.59. The molecule has 6 aromatic rings. The summed E-state index contributed by atoms with van der Waals surface area (Å²) in [6.07, 6.45) is 0. The van der Waals surface area contributed by atoms with Gasteiger partial charge in [-0.15, -0.1) is 0 Å². The normalized spacial score (nSPS) is 12.1. The second kappa shape index (κ2) is 5.53. The Bertz CT molecular complexity index is 1580. The number of nitrogens with zero attached hydrogens (tertiary/aromatic N) is 2. The number of nitrogens with one attached hydrogen (secondary N) is 1. The van der Waals surface area contributed by atoms with Gasteiger partial charge in [0.15, 0.2) is 0 Å². The fraction of sp³-hybridized carbons (Fsp3) is 0.0455. The standard InChI is InChI=1S/C22H13Cl2N3O/c1-28-11-6-7-13-18(8-11)27-19-10-15(24)14(23)9-17(19)26-22(27)20-12-4-2-3-5-16(12)25-21(13)20/h2-10,25H,1H3. The molecular weight excluding hydrogens is 393 g/mol. The van der Waals surface area contributed by atoms with Crippen LogP contribution in [0, 0.1) is 0 Å². The number of pyridine rings is 1. The number of hydrogen-bond donors (Lipinski definition) is 1. The van der Waals surface area contributed by atoms with Crippen molar-refractivity contribution in [3.8, 4) is 5.75 Å².